The zero-order valence-corrected chi connectivity index (χ0v) is 12.1. The zero-order chi connectivity index (χ0) is 13.9. The Morgan fingerprint density at radius 1 is 1.30 bits per heavy atom. The molecule has 20 heavy (non-hydrogen) atoms. The van der Waals surface area contributed by atoms with Crippen molar-refractivity contribution in [2.45, 2.75) is 18.6 Å². The lowest BCUT2D eigenvalue weighted by atomic mass is 9.98. The van der Waals surface area contributed by atoms with Crippen molar-refractivity contribution in [3.8, 4) is 0 Å². The number of morpholine rings is 2. The first-order valence-corrected chi connectivity index (χ1v) is 7.51. The molecule has 6 nitrogen and oxygen atoms in total. The van der Waals surface area contributed by atoms with Gasteiger partial charge in [-0.3, -0.25) is 9.69 Å². The van der Waals surface area contributed by atoms with Crippen LogP contribution in [-0.2, 0) is 19.0 Å². The molecule has 6 heteroatoms. The van der Waals surface area contributed by atoms with Gasteiger partial charge in [-0.05, 0) is 6.42 Å². The molecule has 0 unspecified atom stereocenters. The topological polar surface area (TPSA) is 51.2 Å². The van der Waals surface area contributed by atoms with Gasteiger partial charge in [0.2, 0.25) is 5.91 Å². The lowest BCUT2D eigenvalue weighted by Crippen LogP contribution is -2.48. The van der Waals surface area contributed by atoms with Crippen LogP contribution in [0.1, 0.15) is 6.42 Å². The first kappa shape index (κ1) is 14.3. The van der Waals surface area contributed by atoms with Gasteiger partial charge in [-0.15, -0.1) is 0 Å². The van der Waals surface area contributed by atoms with E-state index in [1.807, 2.05) is 4.90 Å². The van der Waals surface area contributed by atoms with Crippen LogP contribution >= 0.6 is 0 Å². The molecular weight excluding hydrogens is 260 g/mol. The summed E-state index contributed by atoms with van der Waals surface area (Å²) < 4.78 is 16.4. The number of rotatable bonds is 4. The number of likely N-dealkylation sites (tertiary alicyclic amines) is 1. The Bertz CT molecular complexity index is 346. The fraction of sp³-hybridized carbons (Fsp3) is 0.929. The molecule has 3 atom stereocenters. The minimum Gasteiger partial charge on any atom is -0.383 e. The largest absolute Gasteiger partial charge is 0.383 e. The van der Waals surface area contributed by atoms with Gasteiger partial charge in [0.1, 0.15) is 0 Å². The van der Waals surface area contributed by atoms with Crippen molar-refractivity contribution in [2.75, 3.05) is 59.7 Å². The summed E-state index contributed by atoms with van der Waals surface area (Å²) in [7, 11) is 1.72. The summed E-state index contributed by atoms with van der Waals surface area (Å²) in [6.45, 7) is 6.20. The van der Waals surface area contributed by atoms with Crippen molar-refractivity contribution in [3.63, 3.8) is 0 Å². The average molecular weight is 284 g/mol. The molecule has 3 saturated heterocycles. The molecular formula is C14H24N2O4. The standard InChI is InChI=1S/C14H24N2O4/c1-18-5-2-15-9-11-8-12(13(10-15)20-11)14(17)16-3-6-19-7-4-16/h11-13H,2-10H2,1H3/t11-,12+,13-/m0/s1. The molecule has 3 fully saturated rings. The average Bonchev–Trinajstić information content (AvgIpc) is 2.80. The zero-order valence-electron chi connectivity index (χ0n) is 12.1. The van der Waals surface area contributed by atoms with Gasteiger partial charge < -0.3 is 19.1 Å². The van der Waals surface area contributed by atoms with E-state index in [-0.39, 0.29) is 24.0 Å². The Morgan fingerprint density at radius 3 is 2.85 bits per heavy atom. The Labute approximate surface area is 119 Å². The lowest BCUT2D eigenvalue weighted by molar-refractivity contribution is -0.142. The number of methoxy groups -OCH3 is 1. The van der Waals surface area contributed by atoms with E-state index >= 15 is 0 Å². The van der Waals surface area contributed by atoms with E-state index in [0.29, 0.717) is 13.2 Å². The smallest absolute Gasteiger partial charge is 0.228 e. The fourth-order valence-electron chi connectivity index (χ4n) is 3.42. The Balaban J connectivity index is 1.57. The Hall–Kier alpha value is -0.690. The number of carbonyl (C=O) groups excluding carboxylic acids is 1. The van der Waals surface area contributed by atoms with Crippen molar-refractivity contribution >= 4 is 5.91 Å². The third kappa shape index (κ3) is 2.98. The van der Waals surface area contributed by atoms with Gasteiger partial charge in [0.05, 0.1) is 37.9 Å². The lowest BCUT2D eigenvalue weighted by Gasteiger charge is -2.34. The van der Waals surface area contributed by atoms with Crippen LogP contribution < -0.4 is 0 Å². The van der Waals surface area contributed by atoms with Crippen LogP contribution in [0.3, 0.4) is 0 Å². The van der Waals surface area contributed by atoms with Crippen LogP contribution in [0.5, 0.6) is 0 Å². The molecule has 0 spiro atoms. The van der Waals surface area contributed by atoms with Crippen LogP contribution in [-0.4, -0.2) is 87.6 Å². The maximum atomic E-state index is 12.6. The van der Waals surface area contributed by atoms with Crippen molar-refractivity contribution in [2.24, 2.45) is 5.92 Å². The molecule has 3 aliphatic rings. The van der Waals surface area contributed by atoms with Gasteiger partial charge in [-0.25, -0.2) is 0 Å². The second-order valence-corrected chi connectivity index (χ2v) is 5.83. The van der Waals surface area contributed by atoms with Crippen molar-refractivity contribution < 1.29 is 19.0 Å². The molecule has 2 bridgehead atoms. The summed E-state index contributed by atoms with van der Waals surface area (Å²) in [5.41, 5.74) is 0. The van der Waals surface area contributed by atoms with E-state index in [2.05, 4.69) is 4.90 Å². The molecule has 0 aromatic rings. The molecule has 0 aromatic heterocycles. The van der Waals surface area contributed by atoms with Gasteiger partial charge in [0, 0.05) is 39.8 Å². The Kier molecular flexibility index (Phi) is 4.55. The van der Waals surface area contributed by atoms with Crippen LogP contribution in [0.4, 0.5) is 0 Å². The predicted octanol–water partition coefficient (Wildman–Crippen LogP) is -0.419. The van der Waals surface area contributed by atoms with Gasteiger partial charge in [0.25, 0.3) is 0 Å². The maximum Gasteiger partial charge on any atom is 0.228 e. The number of hydrogen-bond donors (Lipinski definition) is 0. The summed E-state index contributed by atoms with van der Waals surface area (Å²) >= 11 is 0. The highest BCUT2D eigenvalue weighted by atomic mass is 16.5. The summed E-state index contributed by atoms with van der Waals surface area (Å²) in [6.07, 6.45) is 1.13. The van der Waals surface area contributed by atoms with E-state index in [4.69, 9.17) is 14.2 Å². The minimum absolute atomic E-state index is 0.0330. The summed E-state index contributed by atoms with van der Waals surface area (Å²) in [5.74, 6) is 0.292. The van der Waals surface area contributed by atoms with E-state index in [0.717, 1.165) is 45.8 Å². The highest BCUT2D eigenvalue weighted by Gasteiger charge is 2.45. The Morgan fingerprint density at radius 2 is 2.10 bits per heavy atom. The van der Waals surface area contributed by atoms with Crippen molar-refractivity contribution in [1.29, 1.82) is 0 Å². The first-order chi connectivity index (χ1) is 9.78. The maximum absolute atomic E-state index is 12.6. The van der Waals surface area contributed by atoms with Gasteiger partial charge in [-0.1, -0.05) is 0 Å². The van der Waals surface area contributed by atoms with E-state index in [1.165, 1.54) is 0 Å². The van der Waals surface area contributed by atoms with E-state index in [9.17, 15) is 4.79 Å². The van der Waals surface area contributed by atoms with E-state index < -0.39 is 0 Å². The number of fused-ring (bicyclic) bond motifs is 2. The van der Waals surface area contributed by atoms with Crippen molar-refractivity contribution in [1.82, 2.24) is 9.80 Å². The quantitative estimate of drug-likeness (QED) is 0.702. The van der Waals surface area contributed by atoms with Crippen LogP contribution in [0.15, 0.2) is 0 Å². The molecule has 3 rings (SSSR count). The van der Waals surface area contributed by atoms with Gasteiger partial charge in [0.15, 0.2) is 0 Å². The van der Waals surface area contributed by atoms with Crippen LogP contribution in [0.2, 0.25) is 0 Å². The first-order valence-electron chi connectivity index (χ1n) is 7.51. The van der Waals surface area contributed by atoms with Crippen LogP contribution in [0, 0.1) is 5.92 Å². The highest BCUT2D eigenvalue weighted by molar-refractivity contribution is 5.80. The summed E-state index contributed by atoms with van der Waals surface area (Å²) in [5, 5.41) is 0. The normalized spacial score (nSPS) is 34.5. The molecule has 3 aliphatic heterocycles. The molecule has 1 amide bonds. The van der Waals surface area contributed by atoms with E-state index in [1.54, 1.807) is 7.11 Å². The molecule has 0 aromatic carbocycles. The molecule has 0 aliphatic carbocycles. The minimum atomic E-state index is 0.0330. The SMILES string of the molecule is COCCN1C[C@@H]2C[C@@H](C(=O)N3CCOCC3)[C@H](C1)O2. The fourth-order valence-corrected chi connectivity index (χ4v) is 3.42. The second kappa shape index (κ2) is 6.39. The molecule has 114 valence electrons. The van der Waals surface area contributed by atoms with Gasteiger partial charge in [-0.2, -0.15) is 0 Å². The third-order valence-electron chi connectivity index (χ3n) is 4.48. The molecule has 3 heterocycles. The number of amides is 1. The summed E-state index contributed by atoms with van der Waals surface area (Å²) in [4.78, 5) is 16.9. The predicted molar refractivity (Wildman–Crippen MR) is 72.5 cm³/mol. The third-order valence-corrected chi connectivity index (χ3v) is 4.48. The number of ether oxygens (including phenoxy) is 3. The molecule has 0 radical (unpaired) electrons. The highest BCUT2D eigenvalue weighted by Crippen LogP contribution is 2.33. The molecule has 0 saturated carbocycles. The summed E-state index contributed by atoms with van der Waals surface area (Å²) in [6, 6.07) is 0. The molecule has 0 N–H and O–H groups in total. The number of nitrogens with zero attached hydrogens (tertiary/aromatic N) is 2. The van der Waals surface area contributed by atoms with Gasteiger partial charge >= 0.3 is 0 Å². The number of carbonyl (C=O) groups is 1. The van der Waals surface area contributed by atoms with Crippen molar-refractivity contribution in [3.05, 3.63) is 0 Å². The van der Waals surface area contributed by atoms with Crippen LogP contribution in [0.25, 0.3) is 0 Å². The second-order valence-electron chi connectivity index (χ2n) is 5.83. The number of hydrogen-bond acceptors (Lipinski definition) is 5. The monoisotopic (exact) mass is 284 g/mol.